The highest BCUT2D eigenvalue weighted by molar-refractivity contribution is 7.09. The molecule has 2 heterocycles. The molecule has 2 aromatic carbocycles. The molecule has 128 valence electrons. The summed E-state index contributed by atoms with van der Waals surface area (Å²) in [6.07, 6.45) is 2.05. The molecule has 0 aliphatic rings. The van der Waals surface area contributed by atoms with Crippen molar-refractivity contribution in [3.05, 3.63) is 76.7 Å². The first-order valence-corrected chi connectivity index (χ1v) is 9.22. The third-order valence-corrected chi connectivity index (χ3v) is 4.92. The molecule has 0 saturated heterocycles. The van der Waals surface area contributed by atoms with Gasteiger partial charge < -0.3 is 5.32 Å². The highest BCUT2D eigenvalue weighted by Crippen LogP contribution is 2.23. The predicted octanol–water partition coefficient (Wildman–Crippen LogP) is 4.85. The van der Waals surface area contributed by atoms with Crippen LogP contribution < -0.4 is 5.32 Å². The zero-order valence-corrected chi connectivity index (χ0v) is 15.1. The van der Waals surface area contributed by atoms with Gasteiger partial charge in [-0.1, -0.05) is 36.4 Å². The second kappa shape index (κ2) is 7.06. The number of rotatable bonds is 4. The number of fused-ring (bicyclic) bond motifs is 1. The Labute approximate surface area is 155 Å². The minimum absolute atomic E-state index is 0.0552. The molecule has 4 rings (SSSR count). The van der Waals surface area contributed by atoms with Crippen LogP contribution in [-0.2, 0) is 11.2 Å². The molecule has 0 bridgehead atoms. The molecule has 0 aliphatic heterocycles. The normalized spacial score (nSPS) is 10.8. The molecular formula is C21H17N3OS. The number of nitrogens with one attached hydrogen (secondary N) is 1. The van der Waals surface area contributed by atoms with Gasteiger partial charge in [-0.05, 0) is 30.7 Å². The third-order valence-electron chi connectivity index (χ3n) is 4.15. The lowest BCUT2D eigenvalue weighted by Gasteiger charge is -2.08. The standard InChI is InChI=1S/C21H17N3OS/c1-14-23-19(13-26-14)15-7-9-18(10-8-15)24-20(25)12-17-5-2-4-16-6-3-11-22-21(16)17/h2-11,13H,12H2,1H3,(H,24,25). The molecule has 26 heavy (non-hydrogen) atoms. The van der Waals surface area contributed by atoms with Crippen molar-refractivity contribution in [2.45, 2.75) is 13.3 Å². The summed E-state index contributed by atoms with van der Waals surface area (Å²) in [4.78, 5) is 21.3. The number of nitrogens with zero attached hydrogens (tertiary/aromatic N) is 2. The van der Waals surface area contributed by atoms with Crippen LogP contribution in [0.5, 0.6) is 0 Å². The van der Waals surface area contributed by atoms with Crippen LogP contribution in [0.1, 0.15) is 10.6 Å². The van der Waals surface area contributed by atoms with Gasteiger partial charge in [0.15, 0.2) is 0 Å². The van der Waals surface area contributed by atoms with E-state index in [-0.39, 0.29) is 5.91 Å². The molecule has 0 saturated carbocycles. The van der Waals surface area contributed by atoms with Crippen molar-refractivity contribution in [1.82, 2.24) is 9.97 Å². The van der Waals surface area contributed by atoms with Crippen LogP contribution in [0.15, 0.2) is 66.2 Å². The van der Waals surface area contributed by atoms with Gasteiger partial charge in [0.25, 0.3) is 0 Å². The van der Waals surface area contributed by atoms with Gasteiger partial charge in [-0.25, -0.2) is 4.98 Å². The molecule has 0 fully saturated rings. The Morgan fingerprint density at radius 1 is 1.08 bits per heavy atom. The number of aromatic nitrogens is 2. The van der Waals surface area contributed by atoms with Gasteiger partial charge in [-0.3, -0.25) is 9.78 Å². The molecule has 0 spiro atoms. The minimum atomic E-state index is -0.0552. The molecule has 2 aromatic heterocycles. The molecule has 0 radical (unpaired) electrons. The van der Waals surface area contributed by atoms with E-state index in [9.17, 15) is 4.79 Å². The Morgan fingerprint density at radius 2 is 1.88 bits per heavy atom. The van der Waals surface area contributed by atoms with Crippen molar-refractivity contribution in [1.29, 1.82) is 0 Å². The number of para-hydroxylation sites is 1. The van der Waals surface area contributed by atoms with Crippen LogP contribution in [0.25, 0.3) is 22.2 Å². The topological polar surface area (TPSA) is 54.9 Å². The van der Waals surface area contributed by atoms with E-state index in [4.69, 9.17) is 0 Å². The van der Waals surface area contributed by atoms with Crippen LogP contribution in [0.3, 0.4) is 0 Å². The number of carbonyl (C=O) groups excluding carboxylic acids is 1. The molecule has 5 heteroatoms. The van der Waals surface area contributed by atoms with E-state index < -0.39 is 0 Å². The summed E-state index contributed by atoms with van der Waals surface area (Å²) in [7, 11) is 0. The van der Waals surface area contributed by atoms with Crippen molar-refractivity contribution < 1.29 is 4.79 Å². The van der Waals surface area contributed by atoms with Crippen molar-refractivity contribution >= 4 is 33.8 Å². The van der Waals surface area contributed by atoms with Gasteiger partial charge in [-0.2, -0.15) is 0 Å². The van der Waals surface area contributed by atoms with E-state index >= 15 is 0 Å². The van der Waals surface area contributed by atoms with Gasteiger partial charge in [0.05, 0.1) is 22.6 Å². The summed E-state index contributed by atoms with van der Waals surface area (Å²) in [5.41, 5.74) is 4.59. The van der Waals surface area contributed by atoms with E-state index in [1.165, 1.54) is 0 Å². The smallest absolute Gasteiger partial charge is 0.228 e. The molecule has 1 N–H and O–H groups in total. The zero-order chi connectivity index (χ0) is 17.9. The summed E-state index contributed by atoms with van der Waals surface area (Å²) in [5.74, 6) is -0.0552. The van der Waals surface area contributed by atoms with Crippen molar-refractivity contribution in [3.63, 3.8) is 0 Å². The second-order valence-electron chi connectivity index (χ2n) is 6.05. The number of hydrogen-bond donors (Lipinski definition) is 1. The van der Waals surface area contributed by atoms with Crippen LogP contribution >= 0.6 is 11.3 Å². The van der Waals surface area contributed by atoms with Crippen LogP contribution in [0.2, 0.25) is 0 Å². The monoisotopic (exact) mass is 359 g/mol. The number of benzene rings is 2. The van der Waals surface area contributed by atoms with Crippen LogP contribution in [0.4, 0.5) is 5.69 Å². The first kappa shape index (κ1) is 16.4. The Balaban J connectivity index is 1.48. The fourth-order valence-corrected chi connectivity index (χ4v) is 3.53. The Kier molecular flexibility index (Phi) is 4.46. The van der Waals surface area contributed by atoms with Crippen molar-refractivity contribution in [2.75, 3.05) is 5.32 Å². The number of amides is 1. The van der Waals surface area contributed by atoms with Gasteiger partial charge in [0.1, 0.15) is 0 Å². The Morgan fingerprint density at radius 3 is 2.65 bits per heavy atom. The summed E-state index contributed by atoms with van der Waals surface area (Å²) >= 11 is 1.63. The average molecular weight is 359 g/mol. The third kappa shape index (κ3) is 3.48. The summed E-state index contributed by atoms with van der Waals surface area (Å²) in [6.45, 7) is 1.99. The fourth-order valence-electron chi connectivity index (χ4n) is 2.91. The van der Waals surface area contributed by atoms with E-state index in [0.29, 0.717) is 6.42 Å². The summed E-state index contributed by atoms with van der Waals surface area (Å²) in [5, 5.41) is 7.08. The molecule has 0 unspecified atom stereocenters. The number of aryl methyl sites for hydroxylation is 1. The van der Waals surface area contributed by atoms with E-state index in [2.05, 4.69) is 15.3 Å². The first-order chi connectivity index (χ1) is 12.7. The average Bonchev–Trinajstić information content (AvgIpc) is 3.09. The molecule has 1 amide bonds. The highest BCUT2D eigenvalue weighted by Gasteiger charge is 2.09. The quantitative estimate of drug-likeness (QED) is 0.567. The Hall–Kier alpha value is -3.05. The van der Waals surface area contributed by atoms with Gasteiger partial charge >= 0.3 is 0 Å². The van der Waals surface area contributed by atoms with Crippen LogP contribution in [0, 0.1) is 6.92 Å². The van der Waals surface area contributed by atoms with Crippen LogP contribution in [-0.4, -0.2) is 15.9 Å². The SMILES string of the molecule is Cc1nc(-c2ccc(NC(=O)Cc3cccc4cccnc34)cc2)cs1. The minimum Gasteiger partial charge on any atom is -0.326 e. The summed E-state index contributed by atoms with van der Waals surface area (Å²) < 4.78 is 0. The summed E-state index contributed by atoms with van der Waals surface area (Å²) in [6, 6.07) is 17.6. The maximum absolute atomic E-state index is 12.4. The number of anilines is 1. The van der Waals surface area contributed by atoms with Gasteiger partial charge in [-0.15, -0.1) is 11.3 Å². The number of carbonyl (C=O) groups is 1. The lowest BCUT2D eigenvalue weighted by molar-refractivity contribution is -0.115. The largest absolute Gasteiger partial charge is 0.326 e. The van der Waals surface area contributed by atoms with E-state index in [1.807, 2.05) is 66.9 Å². The van der Waals surface area contributed by atoms with Gasteiger partial charge in [0.2, 0.25) is 5.91 Å². The second-order valence-corrected chi connectivity index (χ2v) is 7.11. The molecular weight excluding hydrogens is 342 g/mol. The molecule has 0 atom stereocenters. The lowest BCUT2D eigenvalue weighted by atomic mass is 10.1. The Bertz CT molecular complexity index is 1060. The van der Waals surface area contributed by atoms with Crippen molar-refractivity contribution in [3.8, 4) is 11.3 Å². The van der Waals surface area contributed by atoms with E-state index in [1.54, 1.807) is 17.5 Å². The lowest BCUT2D eigenvalue weighted by Crippen LogP contribution is -2.14. The van der Waals surface area contributed by atoms with Gasteiger partial charge in [0, 0.05) is 28.2 Å². The number of pyridine rings is 1. The highest BCUT2D eigenvalue weighted by atomic mass is 32.1. The molecule has 0 aliphatic carbocycles. The predicted molar refractivity (Wildman–Crippen MR) is 106 cm³/mol. The molecule has 4 aromatic rings. The number of thiazole rings is 1. The van der Waals surface area contributed by atoms with Crippen molar-refractivity contribution in [2.24, 2.45) is 0 Å². The first-order valence-electron chi connectivity index (χ1n) is 8.34. The maximum atomic E-state index is 12.4. The fraction of sp³-hybridized carbons (Fsp3) is 0.0952. The number of hydrogen-bond acceptors (Lipinski definition) is 4. The maximum Gasteiger partial charge on any atom is 0.228 e. The molecule has 4 nitrogen and oxygen atoms in total. The van der Waals surface area contributed by atoms with E-state index in [0.717, 1.165) is 38.4 Å². The zero-order valence-electron chi connectivity index (χ0n) is 14.3.